The number of nitrogens with one attached hydrogen (secondary N) is 2. The van der Waals surface area contributed by atoms with Gasteiger partial charge in [-0.2, -0.15) is 5.10 Å². The first kappa shape index (κ1) is 24.8. The lowest BCUT2D eigenvalue weighted by Gasteiger charge is -2.08. The molecule has 9 heteroatoms. The molecular formula is C27H31N7O2. The van der Waals surface area contributed by atoms with Gasteiger partial charge in [-0.3, -0.25) is 25.1 Å². The smallest absolute Gasteiger partial charge is 0.273 e. The summed E-state index contributed by atoms with van der Waals surface area (Å²) in [4.78, 5) is 29.7. The Hall–Kier alpha value is -4.27. The number of rotatable bonds is 8. The second-order valence-electron chi connectivity index (χ2n) is 9.10. The second kappa shape index (κ2) is 11.0. The predicted molar refractivity (Wildman–Crippen MR) is 137 cm³/mol. The van der Waals surface area contributed by atoms with E-state index < -0.39 is 5.91 Å². The van der Waals surface area contributed by atoms with Gasteiger partial charge in [-0.05, 0) is 43.9 Å². The van der Waals surface area contributed by atoms with Crippen molar-refractivity contribution in [2.45, 2.75) is 47.1 Å². The lowest BCUT2D eigenvalue weighted by atomic mass is 10.1. The summed E-state index contributed by atoms with van der Waals surface area (Å²) in [6.07, 6.45) is 0.757. The number of hydrogen-bond acceptors (Lipinski definition) is 5. The molecule has 0 saturated carbocycles. The Bertz CT molecular complexity index is 1280. The number of amides is 2. The van der Waals surface area contributed by atoms with Gasteiger partial charge in [0.1, 0.15) is 0 Å². The molecule has 0 radical (unpaired) electrons. The zero-order chi connectivity index (χ0) is 25.7. The summed E-state index contributed by atoms with van der Waals surface area (Å²) in [7, 11) is 0. The Balaban J connectivity index is 1.42. The molecule has 0 aliphatic heterocycles. The van der Waals surface area contributed by atoms with Crippen molar-refractivity contribution in [1.82, 2.24) is 35.4 Å². The maximum Gasteiger partial charge on any atom is 0.309 e. The van der Waals surface area contributed by atoms with E-state index in [1.54, 1.807) is 4.68 Å². The van der Waals surface area contributed by atoms with Gasteiger partial charge in [0.05, 0.1) is 11.4 Å². The average Bonchev–Trinajstić information content (AvgIpc) is 3.43. The molecule has 0 aliphatic rings. The van der Waals surface area contributed by atoms with Crippen LogP contribution >= 0.6 is 0 Å². The Labute approximate surface area is 210 Å². The molecule has 0 saturated heterocycles. The van der Waals surface area contributed by atoms with E-state index in [0.29, 0.717) is 18.2 Å². The predicted octanol–water partition coefficient (Wildman–Crippen LogP) is 3.80. The van der Waals surface area contributed by atoms with Crippen molar-refractivity contribution >= 4 is 11.8 Å². The van der Waals surface area contributed by atoms with E-state index in [4.69, 9.17) is 0 Å². The van der Waals surface area contributed by atoms with Gasteiger partial charge in [-0.1, -0.05) is 62.4 Å². The molecule has 2 heterocycles. The standard InChI is InChI=1S/C27H31N7O2/c1-18(2)17-33-20(4)23(19(3)31-33)15-16-24(35)29-30-27(36)25-28-26(21-11-7-5-8-12-21)34(32-25)22-13-9-6-10-14-22/h5-14,18H,15-17H2,1-4H3,(H,29,35)(H,30,36). The number of para-hydroxylation sites is 1. The number of hydrazine groups is 1. The molecule has 2 N–H and O–H groups in total. The third-order valence-electron chi connectivity index (χ3n) is 5.83. The first-order valence-electron chi connectivity index (χ1n) is 12.0. The molecule has 9 nitrogen and oxygen atoms in total. The first-order valence-corrected chi connectivity index (χ1v) is 12.0. The van der Waals surface area contributed by atoms with E-state index in [0.717, 1.165) is 34.7 Å². The number of carbonyl (C=O) groups excluding carboxylic acids is 2. The monoisotopic (exact) mass is 485 g/mol. The molecule has 0 fully saturated rings. The topological polar surface area (TPSA) is 107 Å². The van der Waals surface area contributed by atoms with Crippen LogP contribution in [-0.2, 0) is 17.8 Å². The van der Waals surface area contributed by atoms with Gasteiger partial charge in [0.15, 0.2) is 5.82 Å². The number of hydrogen-bond donors (Lipinski definition) is 2. The highest BCUT2D eigenvalue weighted by Gasteiger charge is 2.20. The SMILES string of the molecule is Cc1nn(CC(C)C)c(C)c1CCC(=O)NNC(=O)c1nc(-c2ccccc2)n(-c2ccccc2)n1. The largest absolute Gasteiger partial charge is 0.309 e. The summed E-state index contributed by atoms with van der Waals surface area (Å²) in [5.74, 6) is 0.0786. The van der Waals surface area contributed by atoms with Crippen LogP contribution in [0.3, 0.4) is 0 Å². The zero-order valence-corrected chi connectivity index (χ0v) is 21.0. The van der Waals surface area contributed by atoms with Gasteiger partial charge in [-0.25, -0.2) is 9.67 Å². The van der Waals surface area contributed by atoms with E-state index in [1.165, 1.54) is 0 Å². The van der Waals surface area contributed by atoms with Crippen molar-refractivity contribution in [2.75, 3.05) is 0 Å². The van der Waals surface area contributed by atoms with Crippen LogP contribution in [0.5, 0.6) is 0 Å². The fourth-order valence-electron chi connectivity index (χ4n) is 4.03. The number of nitrogens with zero attached hydrogens (tertiary/aromatic N) is 5. The molecule has 2 aromatic heterocycles. The minimum absolute atomic E-state index is 0.0420. The van der Waals surface area contributed by atoms with E-state index >= 15 is 0 Å². The van der Waals surface area contributed by atoms with Crippen LogP contribution in [0.2, 0.25) is 0 Å². The van der Waals surface area contributed by atoms with Crippen molar-refractivity contribution in [3.05, 3.63) is 83.4 Å². The fraction of sp³-hybridized carbons (Fsp3) is 0.296. The van der Waals surface area contributed by atoms with Crippen LogP contribution < -0.4 is 10.9 Å². The third kappa shape index (κ3) is 5.68. The van der Waals surface area contributed by atoms with Gasteiger partial charge in [-0.15, -0.1) is 5.10 Å². The molecule has 36 heavy (non-hydrogen) atoms. The summed E-state index contributed by atoms with van der Waals surface area (Å²) < 4.78 is 3.61. The fourth-order valence-corrected chi connectivity index (χ4v) is 4.03. The summed E-state index contributed by atoms with van der Waals surface area (Å²) in [5, 5.41) is 9.01. The van der Waals surface area contributed by atoms with Gasteiger partial charge in [0.25, 0.3) is 0 Å². The highest BCUT2D eigenvalue weighted by atomic mass is 16.2. The van der Waals surface area contributed by atoms with E-state index in [9.17, 15) is 9.59 Å². The van der Waals surface area contributed by atoms with E-state index in [1.807, 2.05) is 79.2 Å². The van der Waals surface area contributed by atoms with Gasteiger partial charge < -0.3 is 0 Å². The summed E-state index contributed by atoms with van der Waals surface area (Å²) in [5.41, 5.74) is 9.58. The van der Waals surface area contributed by atoms with Gasteiger partial charge in [0, 0.05) is 24.2 Å². The summed E-state index contributed by atoms with van der Waals surface area (Å²) in [6.45, 7) is 9.11. The van der Waals surface area contributed by atoms with Crippen molar-refractivity contribution < 1.29 is 9.59 Å². The van der Waals surface area contributed by atoms with Gasteiger partial charge in [0.2, 0.25) is 11.7 Å². The molecular weight excluding hydrogens is 454 g/mol. The third-order valence-corrected chi connectivity index (χ3v) is 5.83. The number of benzene rings is 2. The molecule has 186 valence electrons. The van der Waals surface area contributed by atoms with E-state index in [2.05, 4.69) is 39.9 Å². The number of aromatic nitrogens is 5. The molecule has 4 rings (SSSR count). The van der Waals surface area contributed by atoms with E-state index in [-0.39, 0.29) is 18.2 Å². The molecule has 0 bridgehead atoms. The molecule has 0 atom stereocenters. The summed E-state index contributed by atoms with van der Waals surface area (Å²) >= 11 is 0. The van der Waals surface area contributed by atoms with Crippen molar-refractivity contribution in [1.29, 1.82) is 0 Å². The maximum atomic E-state index is 12.8. The number of aryl methyl sites for hydroxylation is 1. The Kier molecular flexibility index (Phi) is 7.58. The minimum atomic E-state index is -0.590. The van der Waals surface area contributed by atoms with Crippen LogP contribution in [0.25, 0.3) is 17.1 Å². The highest BCUT2D eigenvalue weighted by Crippen LogP contribution is 2.21. The molecule has 4 aromatic rings. The molecule has 0 aliphatic carbocycles. The Morgan fingerprint density at radius 2 is 1.58 bits per heavy atom. The van der Waals surface area contributed by atoms with Crippen LogP contribution in [0.15, 0.2) is 60.7 Å². The maximum absolute atomic E-state index is 12.8. The Morgan fingerprint density at radius 3 is 2.25 bits per heavy atom. The summed E-state index contributed by atoms with van der Waals surface area (Å²) in [6, 6.07) is 19.0. The van der Waals surface area contributed by atoms with Crippen LogP contribution in [0.1, 0.15) is 47.8 Å². The number of carbonyl (C=O) groups is 2. The quantitative estimate of drug-likeness (QED) is 0.369. The van der Waals surface area contributed by atoms with Gasteiger partial charge >= 0.3 is 5.91 Å². The Morgan fingerprint density at radius 1 is 0.917 bits per heavy atom. The van der Waals surface area contributed by atoms with Crippen LogP contribution in [-0.4, -0.2) is 36.4 Å². The average molecular weight is 486 g/mol. The van der Waals surface area contributed by atoms with Crippen molar-refractivity contribution in [3.63, 3.8) is 0 Å². The molecule has 2 amide bonds. The van der Waals surface area contributed by atoms with Crippen molar-refractivity contribution in [2.24, 2.45) is 5.92 Å². The normalized spacial score (nSPS) is 11.0. The molecule has 2 aromatic carbocycles. The highest BCUT2D eigenvalue weighted by molar-refractivity contribution is 5.92. The molecule has 0 spiro atoms. The lowest BCUT2D eigenvalue weighted by molar-refractivity contribution is -0.121. The minimum Gasteiger partial charge on any atom is -0.273 e. The molecule has 0 unspecified atom stereocenters. The second-order valence-corrected chi connectivity index (χ2v) is 9.10. The lowest BCUT2D eigenvalue weighted by Crippen LogP contribution is -2.42. The van der Waals surface area contributed by atoms with Crippen molar-refractivity contribution in [3.8, 4) is 17.1 Å². The zero-order valence-electron chi connectivity index (χ0n) is 21.0. The van der Waals surface area contributed by atoms with Crippen LogP contribution in [0, 0.1) is 19.8 Å². The first-order chi connectivity index (χ1) is 17.3. The van der Waals surface area contributed by atoms with Crippen LogP contribution in [0.4, 0.5) is 0 Å².